The molecule has 0 aliphatic rings. The molecule has 0 aliphatic carbocycles. The average Bonchev–Trinajstić information content (AvgIpc) is 2.22. The van der Waals surface area contributed by atoms with Gasteiger partial charge in [-0.05, 0) is 46.7 Å². The van der Waals surface area contributed by atoms with Gasteiger partial charge in [0.05, 0.1) is 11.6 Å². The zero-order chi connectivity index (χ0) is 13.0. The van der Waals surface area contributed by atoms with Gasteiger partial charge in [0.25, 0.3) is 0 Å². The normalized spacial score (nSPS) is 12.6. The van der Waals surface area contributed by atoms with Crippen LogP contribution < -0.4 is 11.1 Å². The largest absolute Gasteiger partial charge is 0.330 e. The van der Waals surface area contributed by atoms with E-state index in [0.29, 0.717) is 15.8 Å². The van der Waals surface area contributed by atoms with Crippen LogP contribution in [0.4, 0.5) is 10.1 Å². The first-order valence-corrected chi connectivity index (χ1v) is 6.49. The third kappa shape index (κ3) is 3.92. The van der Waals surface area contributed by atoms with E-state index in [1.165, 1.54) is 12.1 Å². The van der Waals surface area contributed by atoms with Crippen LogP contribution in [-0.2, 0) is 4.79 Å². The molecule has 17 heavy (non-hydrogen) atoms. The molecule has 0 radical (unpaired) electrons. The fraction of sp³-hybridized carbons (Fsp3) is 0.417. The fourth-order valence-corrected chi connectivity index (χ4v) is 2.11. The number of carbonyl (C=O) groups is 1. The molecule has 1 amide bonds. The van der Waals surface area contributed by atoms with Crippen LogP contribution in [0.2, 0.25) is 0 Å². The van der Waals surface area contributed by atoms with Crippen molar-refractivity contribution in [2.45, 2.75) is 13.8 Å². The number of nitrogens with two attached hydrogens (primary N) is 1. The predicted molar refractivity (Wildman–Crippen MR) is 75.1 cm³/mol. The molecule has 0 saturated heterocycles. The monoisotopic (exact) mass is 350 g/mol. The van der Waals surface area contributed by atoms with Crippen molar-refractivity contribution in [2.75, 3.05) is 11.9 Å². The van der Waals surface area contributed by atoms with Crippen molar-refractivity contribution in [2.24, 2.45) is 17.6 Å². The van der Waals surface area contributed by atoms with Gasteiger partial charge < -0.3 is 11.1 Å². The quantitative estimate of drug-likeness (QED) is 0.821. The summed E-state index contributed by atoms with van der Waals surface area (Å²) in [6.45, 7) is 4.21. The summed E-state index contributed by atoms with van der Waals surface area (Å²) in [7, 11) is 0. The van der Waals surface area contributed by atoms with Crippen molar-refractivity contribution < 1.29 is 9.18 Å². The Morgan fingerprint density at radius 3 is 2.65 bits per heavy atom. The molecule has 0 aromatic heterocycles. The number of rotatable bonds is 4. The van der Waals surface area contributed by atoms with Crippen molar-refractivity contribution >= 4 is 34.2 Å². The number of anilines is 1. The van der Waals surface area contributed by atoms with E-state index in [2.05, 4.69) is 5.32 Å². The lowest BCUT2D eigenvalue weighted by molar-refractivity contribution is -0.120. The van der Waals surface area contributed by atoms with Crippen molar-refractivity contribution in [1.29, 1.82) is 0 Å². The standard InChI is InChI=1S/C12H16FIN2O/c1-7(2)9(6-15)12(17)16-11-4-3-8(13)5-10(11)14/h3-5,7,9H,6,15H2,1-2H3,(H,16,17). The van der Waals surface area contributed by atoms with Gasteiger partial charge in [-0.25, -0.2) is 4.39 Å². The number of nitrogens with one attached hydrogen (secondary N) is 1. The smallest absolute Gasteiger partial charge is 0.229 e. The lowest BCUT2D eigenvalue weighted by Gasteiger charge is -2.18. The second-order valence-electron chi connectivity index (χ2n) is 4.20. The van der Waals surface area contributed by atoms with Crippen LogP contribution in [0.15, 0.2) is 18.2 Å². The van der Waals surface area contributed by atoms with Gasteiger partial charge in [-0.1, -0.05) is 13.8 Å². The van der Waals surface area contributed by atoms with Gasteiger partial charge in [0.1, 0.15) is 5.82 Å². The van der Waals surface area contributed by atoms with Crippen LogP contribution in [0.5, 0.6) is 0 Å². The first kappa shape index (κ1) is 14.4. The Bertz CT molecular complexity index is 409. The molecule has 0 spiro atoms. The summed E-state index contributed by atoms with van der Waals surface area (Å²) in [6.07, 6.45) is 0. The predicted octanol–water partition coefficient (Wildman–Crippen LogP) is 2.60. The second-order valence-corrected chi connectivity index (χ2v) is 5.36. The second kappa shape index (κ2) is 6.30. The van der Waals surface area contributed by atoms with E-state index in [1.54, 1.807) is 6.07 Å². The van der Waals surface area contributed by atoms with E-state index in [-0.39, 0.29) is 23.6 Å². The highest BCUT2D eigenvalue weighted by Gasteiger charge is 2.21. The number of carbonyl (C=O) groups excluding carboxylic acids is 1. The van der Waals surface area contributed by atoms with Crippen molar-refractivity contribution in [3.05, 3.63) is 27.6 Å². The van der Waals surface area contributed by atoms with E-state index in [0.717, 1.165) is 0 Å². The number of hydrogen-bond acceptors (Lipinski definition) is 2. The molecule has 1 unspecified atom stereocenters. The van der Waals surface area contributed by atoms with Crippen molar-refractivity contribution in [1.82, 2.24) is 0 Å². The topological polar surface area (TPSA) is 55.1 Å². The molecule has 1 aromatic carbocycles. The summed E-state index contributed by atoms with van der Waals surface area (Å²) in [5, 5.41) is 2.78. The average molecular weight is 350 g/mol. The molecule has 3 N–H and O–H groups in total. The molecule has 0 heterocycles. The van der Waals surface area contributed by atoms with Gasteiger partial charge in [0.2, 0.25) is 5.91 Å². The minimum absolute atomic E-state index is 0.118. The molecular weight excluding hydrogens is 334 g/mol. The molecule has 0 saturated carbocycles. The van der Waals surface area contributed by atoms with E-state index < -0.39 is 0 Å². The van der Waals surface area contributed by atoms with E-state index in [4.69, 9.17) is 5.73 Å². The third-order valence-electron chi connectivity index (χ3n) is 2.58. The zero-order valence-electron chi connectivity index (χ0n) is 9.84. The highest BCUT2D eigenvalue weighted by molar-refractivity contribution is 14.1. The highest BCUT2D eigenvalue weighted by atomic mass is 127. The highest BCUT2D eigenvalue weighted by Crippen LogP contribution is 2.20. The molecule has 1 aromatic rings. The number of halogens is 2. The number of amides is 1. The Morgan fingerprint density at radius 2 is 2.18 bits per heavy atom. The van der Waals surface area contributed by atoms with Gasteiger partial charge >= 0.3 is 0 Å². The van der Waals surface area contributed by atoms with Crippen LogP contribution in [0, 0.1) is 21.2 Å². The molecule has 1 atom stereocenters. The molecule has 0 bridgehead atoms. The maximum absolute atomic E-state index is 12.9. The lowest BCUT2D eigenvalue weighted by atomic mass is 9.95. The maximum Gasteiger partial charge on any atom is 0.229 e. The summed E-state index contributed by atoms with van der Waals surface area (Å²) in [4.78, 5) is 11.9. The van der Waals surface area contributed by atoms with E-state index in [1.807, 2.05) is 36.4 Å². The Hall–Kier alpha value is -0.690. The Balaban J connectivity index is 2.80. The Labute approximate surface area is 114 Å². The van der Waals surface area contributed by atoms with Gasteiger partial charge in [-0.2, -0.15) is 0 Å². The molecule has 3 nitrogen and oxygen atoms in total. The SMILES string of the molecule is CC(C)C(CN)C(=O)Nc1ccc(F)cc1I. The summed E-state index contributed by atoms with van der Waals surface area (Å²) in [6, 6.07) is 4.26. The molecule has 94 valence electrons. The summed E-state index contributed by atoms with van der Waals surface area (Å²) < 4.78 is 13.6. The number of benzene rings is 1. The first-order valence-electron chi connectivity index (χ1n) is 5.41. The summed E-state index contributed by atoms with van der Waals surface area (Å²) in [5.41, 5.74) is 6.19. The molecule has 5 heteroatoms. The van der Waals surface area contributed by atoms with Crippen LogP contribution in [0.3, 0.4) is 0 Å². The Kier molecular flexibility index (Phi) is 5.32. The molecular formula is C12H16FIN2O. The third-order valence-corrected chi connectivity index (χ3v) is 3.48. The van der Waals surface area contributed by atoms with Gasteiger partial charge in [-0.3, -0.25) is 4.79 Å². The van der Waals surface area contributed by atoms with Gasteiger partial charge in [-0.15, -0.1) is 0 Å². The van der Waals surface area contributed by atoms with Crippen LogP contribution in [-0.4, -0.2) is 12.5 Å². The van der Waals surface area contributed by atoms with Crippen molar-refractivity contribution in [3.63, 3.8) is 0 Å². The van der Waals surface area contributed by atoms with Crippen LogP contribution in [0.25, 0.3) is 0 Å². The van der Waals surface area contributed by atoms with E-state index >= 15 is 0 Å². The zero-order valence-corrected chi connectivity index (χ0v) is 12.0. The molecule has 0 aliphatic heterocycles. The van der Waals surface area contributed by atoms with Crippen molar-refractivity contribution in [3.8, 4) is 0 Å². The summed E-state index contributed by atoms with van der Waals surface area (Å²) >= 11 is 1.99. The summed E-state index contributed by atoms with van der Waals surface area (Å²) in [5.74, 6) is -0.479. The lowest BCUT2D eigenvalue weighted by Crippen LogP contribution is -2.33. The minimum atomic E-state index is -0.313. The minimum Gasteiger partial charge on any atom is -0.330 e. The fourth-order valence-electron chi connectivity index (χ4n) is 1.50. The van der Waals surface area contributed by atoms with Gasteiger partial charge in [0.15, 0.2) is 0 Å². The maximum atomic E-state index is 12.9. The van der Waals surface area contributed by atoms with Crippen LogP contribution >= 0.6 is 22.6 Å². The first-order chi connectivity index (χ1) is 7.95. The van der Waals surface area contributed by atoms with Crippen LogP contribution in [0.1, 0.15) is 13.8 Å². The molecule has 1 rings (SSSR count). The Morgan fingerprint density at radius 1 is 1.53 bits per heavy atom. The molecule has 0 fully saturated rings. The van der Waals surface area contributed by atoms with Gasteiger partial charge in [0, 0.05) is 10.1 Å². The number of hydrogen-bond donors (Lipinski definition) is 2. The van der Waals surface area contributed by atoms with E-state index in [9.17, 15) is 9.18 Å².